The van der Waals surface area contributed by atoms with E-state index in [1.807, 2.05) is 12.4 Å². The molecule has 1 unspecified atom stereocenters. The molecular formula is C21H28N6O2. The molecule has 1 amide bonds. The molecular weight excluding hydrogens is 368 g/mol. The number of amides is 1. The third-order valence-electron chi connectivity index (χ3n) is 5.85. The minimum atomic E-state index is 0.0252. The van der Waals surface area contributed by atoms with Crippen LogP contribution in [0, 0.1) is 0 Å². The van der Waals surface area contributed by atoms with Gasteiger partial charge in [-0.25, -0.2) is 0 Å². The van der Waals surface area contributed by atoms with E-state index in [9.17, 15) is 9.59 Å². The Morgan fingerprint density at radius 1 is 1.10 bits per heavy atom. The van der Waals surface area contributed by atoms with Gasteiger partial charge in [0.15, 0.2) is 5.82 Å². The van der Waals surface area contributed by atoms with Crippen molar-refractivity contribution in [1.82, 2.24) is 29.5 Å². The molecule has 8 heteroatoms. The normalized spacial score (nSPS) is 19.8. The van der Waals surface area contributed by atoms with Gasteiger partial charge in [0, 0.05) is 57.3 Å². The number of Topliss-reactive ketones (excluding diaryl/α,β-unsaturated/α-hetero) is 1. The highest BCUT2D eigenvalue weighted by Gasteiger charge is 2.30. The van der Waals surface area contributed by atoms with E-state index in [-0.39, 0.29) is 18.1 Å². The third kappa shape index (κ3) is 4.70. The number of rotatable bonds is 6. The maximum atomic E-state index is 12.3. The van der Waals surface area contributed by atoms with Crippen LogP contribution in [0.1, 0.15) is 55.7 Å². The van der Waals surface area contributed by atoms with Gasteiger partial charge in [0.1, 0.15) is 11.6 Å². The number of piperidine rings is 1. The summed E-state index contributed by atoms with van der Waals surface area (Å²) in [6.07, 6.45) is 6.54. The number of pyridine rings is 1. The molecule has 0 radical (unpaired) electrons. The number of carbonyl (C=O) groups is 2. The first-order valence-electron chi connectivity index (χ1n) is 10.4. The SMILES string of the molecule is CC(=O)CCC(=O)N1CCn2c(nnc2C2CCCN(Cc3ccncc3)C2)C1. The molecule has 29 heavy (non-hydrogen) atoms. The zero-order valence-corrected chi connectivity index (χ0v) is 17.0. The molecule has 4 rings (SSSR count). The third-order valence-corrected chi connectivity index (χ3v) is 5.85. The van der Waals surface area contributed by atoms with E-state index in [0.717, 1.165) is 50.7 Å². The smallest absolute Gasteiger partial charge is 0.223 e. The second kappa shape index (κ2) is 8.82. The molecule has 8 nitrogen and oxygen atoms in total. The number of hydrogen-bond acceptors (Lipinski definition) is 6. The Balaban J connectivity index is 1.39. The Kier molecular flexibility index (Phi) is 5.99. The molecule has 4 heterocycles. The van der Waals surface area contributed by atoms with Crippen molar-refractivity contribution in [1.29, 1.82) is 0 Å². The molecule has 0 aromatic carbocycles. The van der Waals surface area contributed by atoms with Gasteiger partial charge in [-0.15, -0.1) is 10.2 Å². The van der Waals surface area contributed by atoms with Crippen LogP contribution in [0.4, 0.5) is 0 Å². The highest BCUT2D eigenvalue weighted by atomic mass is 16.2. The number of likely N-dealkylation sites (tertiary alicyclic amines) is 1. The molecule has 0 bridgehead atoms. The van der Waals surface area contributed by atoms with E-state index < -0.39 is 0 Å². The monoisotopic (exact) mass is 396 g/mol. The van der Waals surface area contributed by atoms with Crippen LogP contribution < -0.4 is 0 Å². The summed E-state index contributed by atoms with van der Waals surface area (Å²) in [6, 6.07) is 4.14. The van der Waals surface area contributed by atoms with Crippen molar-refractivity contribution in [3.63, 3.8) is 0 Å². The Morgan fingerprint density at radius 2 is 1.93 bits per heavy atom. The summed E-state index contributed by atoms with van der Waals surface area (Å²) in [7, 11) is 0. The Bertz CT molecular complexity index is 865. The molecule has 154 valence electrons. The number of ketones is 1. The van der Waals surface area contributed by atoms with E-state index >= 15 is 0 Å². The highest BCUT2D eigenvalue weighted by Crippen LogP contribution is 2.28. The average molecular weight is 396 g/mol. The quantitative estimate of drug-likeness (QED) is 0.740. The van der Waals surface area contributed by atoms with Gasteiger partial charge in [0.05, 0.1) is 6.54 Å². The highest BCUT2D eigenvalue weighted by molar-refractivity contribution is 5.83. The minimum absolute atomic E-state index is 0.0252. The minimum Gasteiger partial charge on any atom is -0.333 e. The van der Waals surface area contributed by atoms with Gasteiger partial charge in [0.25, 0.3) is 0 Å². The molecule has 1 saturated heterocycles. The molecule has 1 fully saturated rings. The molecule has 0 N–H and O–H groups in total. The first kappa shape index (κ1) is 19.7. The Labute approximate surface area is 170 Å². The fourth-order valence-corrected chi connectivity index (χ4v) is 4.29. The average Bonchev–Trinajstić information content (AvgIpc) is 3.16. The Hall–Kier alpha value is -2.61. The van der Waals surface area contributed by atoms with Crippen LogP contribution in [0.2, 0.25) is 0 Å². The van der Waals surface area contributed by atoms with Crippen LogP contribution in [0.25, 0.3) is 0 Å². The number of carbonyl (C=O) groups excluding carboxylic acids is 2. The van der Waals surface area contributed by atoms with Crippen LogP contribution in [-0.4, -0.2) is 60.9 Å². The zero-order chi connectivity index (χ0) is 20.2. The van der Waals surface area contributed by atoms with Gasteiger partial charge in [-0.2, -0.15) is 0 Å². The fraction of sp³-hybridized carbons (Fsp3) is 0.571. The maximum absolute atomic E-state index is 12.3. The first-order valence-corrected chi connectivity index (χ1v) is 10.4. The molecule has 2 aromatic heterocycles. The molecule has 2 aliphatic heterocycles. The molecule has 0 saturated carbocycles. The van der Waals surface area contributed by atoms with Crippen LogP contribution >= 0.6 is 0 Å². The summed E-state index contributed by atoms with van der Waals surface area (Å²) in [5.41, 5.74) is 1.28. The van der Waals surface area contributed by atoms with Gasteiger partial charge in [0.2, 0.25) is 5.91 Å². The topological polar surface area (TPSA) is 84.2 Å². The predicted molar refractivity (Wildman–Crippen MR) is 107 cm³/mol. The number of hydrogen-bond donors (Lipinski definition) is 0. The number of fused-ring (bicyclic) bond motifs is 1. The summed E-state index contributed by atoms with van der Waals surface area (Å²) in [5, 5.41) is 8.91. The molecule has 0 spiro atoms. The van der Waals surface area contributed by atoms with E-state index in [0.29, 0.717) is 25.4 Å². The van der Waals surface area contributed by atoms with Crippen molar-refractivity contribution < 1.29 is 9.59 Å². The predicted octanol–water partition coefficient (Wildman–Crippen LogP) is 1.76. The lowest BCUT2D eigenvalue weighted by Gasteiger charge is -2.33. The fourth-order valence-electron chi connectivity index (χ4n) is 4.29. The lowest BCUT2D eigenvalue weighted by atomic mass is 9.96. The number of aromatic nitrogens is 4. The van der Waals surface area contributed by atoms with Gasteiger partial charge >= 0.3 is 0 Å². The molecule has 0 aliphatic carbocycles. The van der Waals surface area contributed by atoms with Crippen molar-refractivity contribution in [2.45, 2.75) is 58.2 Å². The molecule has 2 aromatic rings. The van der Waals surface area contributed by atoms with Crippen molar-refractivity contribution >= 4 is 11.7 Å². The van der Waals surface area contributed by atoms with Crippen molar-refractivity contribution in [3.05, 3.63) is 41.7 Å². The second-order valence-electron chi connectivity index (χ2n) is 8.07. The molecule has 2 aliphatic rings. The van der Waals surface area contributed by atoms with Gasteiger partial charge < -0.3 is 14.3 Å². The van der Waals surface area contributed by atoms with Crippen molar-refractivity contribution in [3.8, 4) is 0 Å². The first-order chi connectivity index (χ1) is 14.1. The largest absolute Gasteiger partial charge is 0.333 e. The molecule has 1 atom stereocenters. The maximum Gasteiger partial charge on any atom is 0.223 e. The van der Waals surface area contributed by atoms with Crippen LogP contribution in [0.5, 0.6) is 0 Å². The summed E-state index contributed by atoms with van der Waals surface area (Å²) in [4.78, 5) is 31.9. The van der Waals surface area contributed by atoms with Crippen LogP contribution in [0.15, 0.2) is 24.5 Å². The summed E-state index contributed by atoms with van der Waals surface area (Å²) in [6.45, 7) is 6.39. The van der Waals surface area contributed by atoms with Crippen molar-refractivity contribution in [2.75, 3.05) is 19.6 Å². The zero-order valence-electron chi connectivity index (χ0n) is 17.0. The van der Waals surface area contributed by atoms with E-state index in [2.05, 4.69) is 36.8 Å². The van der Waals surface area contributed by atoms with Gasteiger partial charge in [-0.1, -0.05) is 0 Å². The Morgan fingerprint density at radius 3 is 2.72 bits per heavy atom. The lowest BCUT2D eigenvalue weighted by molar-refractivity contribution is -0.134. The van der Waals surface area contributed by atoms with E-state index in [4.69, 9.17) is 0 Å². The standard InChI is InChI=1S/C21H28N6O2/c1-16(28)4-5-20(29)26-11-12-27-19(15-26)23-24-21(27)18-3-2-10-25(14-18)13-17-6-8-22-9-7-17/h6-9,18H,2-5,10-15H2,1H3. The summed E-state index contributed by atoms with van der Waals surface area (Å²) in [5.74, 6) is 2.35. The van der Waals surface area contributed by atoms with E-state index in [1.54, 1.807) is 4.90 Å². The van der Waals surface area contributed by atoms with Crippen molar-refractivity contribution in [2.24, 2.45) is 0 Å². The van der Waals surface area contributed by atoms with Gasteiger partial charge in [-0.3, -0.25) is 14.7 Å². The summed E-state index contributed by atoms with van der Waals surface area (Å²) >= 11 is 0. The van der Waals surface area contributed by atoms with E-state index in [1.165, 1.54) is 12.5 Å². The second-order valence-corrected chi connectivity index (χ2v) is 8.07. The van der Waals surface area contributed by atoms with Gasteiger partial charge in [-0.05, 0) is 44.0 Å². The van der Waals surface area contributed by atoms with Crippen LogP contribution in [0.3, 0.4) is 0 Å². The summed E-state index contributed by atoms with van der Waals surface area (Å²) < 4.78 is 2.20. The number of nitrogens with zero attached hydrogens (tertiary/aromatic N) is 6. The van der Waals surface area contributed by atoms with Crippen LogP contribution in [-0.2, 0) is 29.2 Å². The lowest BCUT2D eigenvalue weighted by Crippen LogP contribution is -2.40.